The van der Waals surface area contributed by atoms with Crippen molar-refractivity contribution in [1.29, 1.82) is 0 Å². The van der Waals surface area contributed by atoms with Crippen LogP contribution in [0.3, 0.4) is 0 Å². The van der Waals surface area contributed by atoms with Gasteiger partial charge in [-0.25, -0.2) is 0 Å². The van der Waals surface area contributed by atoms with Gasteiger partial charge >= 0.3 is 5.97 Å². The number of esters is 1. The van der Waals surface area contributed by atoms with Gasteiger partial charge in [0.1, 0.15) is 0 Å². The smallest absolute Gasteiger partial charge is 0.308 e. The quantitative estimate of drug-likeness (QED) is 0.756. The van der Waals surface area contributed by atoms with Gasteiger partial charge in [0, 0.05) is 25.9 Å². The van der Waals surface area contributed by atoms with Crippen molar-refractivity contribution < 1.29 is 18.8 Å². The number of ether oxygens (including phenoxy) is 1. The first-order chi connectivity index (χ1) is 9.60. The Balaban J connectivity index is 1.76. The zero-order valence-corrected chi connectivity index (χ0v) is 11.8. The molecule has 1 aromatic heterocycles. The lowest BCUT2D eigenvalue weighted by Crippen LogP contribution is -2.40. The van der Waals surface area contributed by atoms with E-state index in [2.05, 4.69) is 10.1 Å². The number of carbonyl (C=O) groups excluding carboxylic acids is 2. The van der Waals surface area contributed by atoms with Crippen LogP contribution in [0.4, 0.5) is 0 Å². The number of hydrogen-bond donors (Lipinski definition) is 0. The molecule has 110 valence electrons. The lowest BCUT2D eigenvalue weighted by atomic mass is 9.97. The maximum atomic E-state index is 12.0. The molecule has 0 saturated carbocycles. The Bertz CT molecular complexity index is 478. The summed E-state index contributed by atoms with van der Waals surface area (Å²) in [5, 5.41) is 3.68. The zero-order valence-electron chi connectivity index (χ0n) is 11.8. The minimum atomic E-state index is -0.182. The average Bonchev–Trinajstić information content (AvgIpc) is 2.89. The predicted octanol–water partition coefficient (Wildman–Crippen LogP) is 0.722. The minimum Gasteiger partial charge on any atom is -0.469 e. The first-order valence-corrected chi connectivity index (χ1v) is 6.75. The third-order valence-corrected chi connectivity index (χ3v) is 3.50. The van der Waals surface area contributed by atoms with Gasteiger partial charge in [0.25, 0.3) is 0 Å². The van der Waals surface area contributed by atoms with Gasteiger partial charge in [-0.2, -0.15) is 4.98 Å². The number of carbonyl (C=O) groups is 2. The maximum Gasteiger partial charge on any atom is 0.308 e. The molecular formula is C13H19N3O4. The number of rotatable bonds is 4. The third-order valence-electron chi connectivity index (χ3n) is 3.50. The van der Waals surface area contributed by atoms with Crippen molar-refractivity contribution >= 4 is 11.9 Å². The lowest BCUT2D eigenvalue weighted by molar-refractivity contribution is -0.148. The molecule has 2 rings (SSSR count). The highest BCUT2D eigenvalue weighted by molar-refractivity contribution is 5.77. The normalized spacial score (nSPS) is 16.2. The van der Waals surface area contributed by atoms with Crippen LogP contribution in [-0.4, -0.2) is 47.1 Å². The highest BCUT2D eigenvalue weighted by Gasteiger charge is 2.27. The fourth-order valence-electron chi connectivity index (χ4n) is 2.34. The zero-order chi connectivity index (χ0) is 14.5. The lowest BCUT2D eigenvalue weighted by Gasteiger charge is -2.30. The number of methoxy groups -OCH3 is 1. The Labute approximate surface area is 117 Å². The van der Waals surface area contributed by atoms with Crippen LogP contribution in [0, 0.1) is 12.8 Å². The molecule has 0 radical (unpaired) electrons. The second-order valence-corrected chi connectivity index (χ2v) is 4.91. The van der Waals surface area contributed by atoms with Gasteiger partial charge in [0.05, 0.1) is 13.0 Å². The molecule has 0 aliphatic carbocycles. The number of hydrogen-bond acceptors (Lipinski definition) is 6. The molecule has 1 aromatic rings. The summed E-state index contributed by atoms with van der Waals surface area (Å²) in [4.78, 5) is 29.3. The van der Waals surface area contributed by atoms with Crippen LogP contribution in [0.2, 0.25) is 0 Å². The summed E-state index contributed by atoms with van der Waals surface area (Å²) in [6.45, 7) is 2.94. The summed E-state index contributed by atoms with van der Waals surface area (Å²) < 4.78 is 9.70. The van der Waals surface area contributed by atoms with Crippen LogP contribution < -0.4 is 0 Å². The summed E-state index contributed by atoms with van der Waals surface area (Å²) in [6.07, 6.45) is 2.14. The molecule has 1 aliphatic heterocycles. The van der Waals surface area contributed by atoms with Crippen LogP contribution in [-0.2, 0) is 20.7 Å². The van der Waals surface area contributed by atoms with Crippen molar-refractivity contribution in [3.05, 3.63) is 11.7 Å². The molecule has 1 amide bonds. The molecule has 0 atom stereocenters. The SMILES string of the molecule is COC(=O)C1CCN(C(=O)CCc2nc(C)no2)CC1. The van der Waals surface area contributed by atoms with Gasteiger partial charge in [0.2, 0.25) is 11.8 Å². The van der Waals surface area contributed by atoms with Gasteiger partial charge in [-0.05, 0) is 19.8 Å². The third kappa shape index (κ3) is 3.55. The summed E-state index contributed by atoms with van der Waals surface area (Å²) >= 11 is 0. The number of piperidine rings is 1. The van der Waals surface area contributed by atoms with Crippen LogP contribution in [0.25, 0.3) is 0 Å². The van der Waals surface area contributed by atoms with Crippen molar-refractivity contribution in [2.45, 2.75) is 32.6 Å². The Morgan fingerprint density at radius 1 is 1.40 bits per heavy atom. The van der Waals surface area contributed by atoms with E-state index >= 15 is 0 Å². The second-order valence-electron chi connectivity index (χ2n) is 4.91. The Hall–Kier alpha value is -1.92. The number of aromatic nitrogens is 2. The summed E-state index contributed by atoms with van der Waals surface area (Å²) in [5.41, 5.74) is 0. The molecule has 0 spiro atoms. The molecule has 1 saturated heterocycles. The van der Waals surface area contributed by atoms with Crippen molar-refractivity contribution in [3.8, 4) is 0 Å². The first-order valence-electron chi connectivity index (χ1n) is 6.75. The van der Waals surface area contributed by atoms with Crippen LogP contribution in [0.5, 0.6) is 0 Å². The van der Waals surface area contributed by atoms with Gasteiger partial charge in [0.15, 0.2) is 5.82 Å². The Kier molecular flexibility index (Phi) is 4.70. The van der Waals surface area contributed by atoms with E-state index in [9.17, 15) is 9.59 Å². The van der Waals surface area contributed by atoms with Crippen molar-refractivity contribution in [2.75, 3.05) is 20.2 Å². The number of aryl methyl sites for hydroxylation is 2. The van der Waals surface area contributed by atoms with Gasteiger partial charge < -0.3 is 14.2 Å². The topological polar surface area (TPSA) is 85.5 Å². The van der Waals surface area contributed by atoms with Crippen LogP contribution >= 0.6 is 0 Å². The van der Waals surface area contributed by atoms with Gasteiger partial charge in [-0.15, -0.1) is 0 Å². The molecule has 7 heteroatoms. The Morgan fingerprint density at radius 3 is 2.65 bits per heavy atom. The van der Waals surface area contributed by atoms with E-state index in [1.54, 1.807) is 11.8 Å². The van der Waals surface area contributed by atoms with Crippen molar-refractivity contribution in [1.82, 2.24) is 15.0 Å². The molecule has 0 aromatic carbocycles. The molecule has 0 unspecified atom stereocenters. The highest BCUT2D eigenvalue weighted by Crippen LogP contribution is 2.19. The van der Waals surface area contributed by atoms with Gasteiger partial charge in [-0.3, -0.25) is 9.59 Å². The number of amides is 1. The fourth-order valence-corrected chi connectivity index (χ4v) is 2.34. The standard InChI is InChI=1S/C13H19N3O4/c1-9-14-11(20-15-9)3-4-12(17)16-7-5-10(6-8-16)13(18)19-2/h10H,3-8H2,1-2H3. The van der Waals surface area contributed by atoms with Crippen molar-refractivity contribution in [2.24, 2.45) is 5.92 Å². The summed E-state index contributed by atoms with van der Waals surface area (Å²) in [7, 11) is 1.40. The van der Waals surface area contributed by atoms with E-state index < -0.39 is 0 Å². The molecular weight excluding hydrogens is 262 g/mol. The fraction of sp³-hybridized carbons (Fsp3) is 0.692. The van der Waals surface area contributed by atoms with Crippen LogP contribution in [0.15, 0.2) is 4.52 Å². The van der Waals surface area contributed by atoms with E-state index in [1.807, 2.05) is 0 Å². The van der Waals surface area contributed by atoms with Gasteiger partial charge in [-0.1, -0.05) is 5.16 Å². The molecule has 0 N–H and O–H groups in total. The van der Waals surface area contributed by atoms with E-state index in [0.29, 0.717) is 50.5 Å². The van der Waals surface area contributed by atoms with E-state index in [4.69, 9.17) is 9.26 Å². The monoisotopic (exact) mass is 281 g/mol. The molecule has 20 heavy (non-hydrogen) atoms. The molecule has 1 fully saturated rings. The summed E-state index contributed by atoms with van der Waals surface area (Å²) in [6, 6.07) is 0. The van der Waals surface area contributed by atoms with Crippen LogP contribution in [0.1, 0.15) is 31.0 Å². The maximum absolute atomic E-state index is 12.0. The molecule has 1 aliphatic rings. The molecule has 0 bridgehead atoms. The number of nitrogens with zero attached hydrogens (tertiary/aromatic N) is 3. The van der Waals surface area contributed by atoms with Crippen molar-refractivity contribution in [3.63, 3.8) is 0 Å². The van der Waals surface area contributed by atoms with E-state index in [1.165, 1.54) is 7.11 Å². The van der Waals surface area contributed by atoms with E-state index in [0.717, 1.165) is 0 Å². The highest BCUT2D eigenvalue weighted by atomic mass is 16.5. The first kappa shape index (κ1) is 14.5. The summed E-state index contributed by atoms with van der Waals surface area (Å²) in [5.74, 6) is 0.858. The predicted molar refractivity (Wildman–Crippen MR) is 68.7 cm³/mol. The average molecular weight is 281 g/mol. The minimum absolute atomic E-state index is 0.0594. The molecule has 7 nitrogen and oxygen atoms in total. The Morgan fingerprint density at radius 2 is 2.10 bits per heavy atom. The second kappa shape index (κ2) is 6.49. The largest absolute Gasteiger partial charge is 0.469 e. The van der Waals surface area contributed by atoms with E-state index in [-0.39, 0.29) is 17.8 Å². The molecule has 2 heterocycles. The number of likely N-dealkylation sites (tertiary alicyclic amines) is 1.